The largest absolute Gasteiger partial charge is 0.473 e. The van der Waals surface area contributed by atoms with Crippen LogP contribution < -0.4 is 5.73 Å². The molecule has 4 N–H and O–H groups in total. The molecule has 0 saturated heterocycles. The molecule has 1 amide bonds. The van der Waals surface area contributed by atoms with Gasteiger partial charge in [0.05, 0.1) is 0 Å². The van der Waals surface area contributed by atoms with Crippen molar-refractivity contribution in [2.24, 2.45) is 5.73 Å². The van der Waals surface area contributed by atoms with Crippen LogP contribution in [0.25, 0.3) is 0 Å². The third-order valence-electron chi connectivity index (χ3n) is 0.183. The van der Waals surface area contributed by atoms with Crippen molar-refractivity contribution in [3.63, 3.8) is 0 Å². The molecule has 0 bridgehead atoms. The Labute approximate surface area is 56.3 Å². The van der Waals surface area contributed by atoms with Gasteiger partial charge in [0, 0.05) is 6.92 Å². The third kappa shape index (κ3) is 32.3. The second-order valence-electron chi connectivity index (χ2n) is 1.22. The molecule has 58 valence electrons. The topological polar surface area (TPSA) is 118 Å². The number of hydrogen-bond donors (Lipinski definition) is 3. The molecule has 10 heavy (non-hydrogen) atoms. The smallest absolute Gasteiger partial charge is 0.414 e. The molecule has 0 radical (unpaired) electrons. The van der Waals surface area contributed by atoms with Crippen molar-refractivity contribution in [1.82, 2.24) is 0 Å². The molecule has 0 aromatic carbocycles. The average Bonchev–Trinajstić information content (AvgIpc) is 1.63. The van der Waals surface area contributed by atoms with E-state index in [0.717, 1.165) is 0 Å². The molecule has 0 aliphatic carbocycles. The fourth-order valence-corrected chi connectivity index (χ4v) is 0. The quantitative estimate of drug-likeness (QED) is 0.368. The van der Waals surface area contributed by atoms with E-state index in [1.54, 1.807) is 0 Å². The van der Waals surface area contributed by atoms with E-state index in [1.165, 1.54) is 6.92 Å². The maximum atomic E-state index is 9.22. The summed E-state index contributed by atoms with van der Waals surface area (Å²) in [6.07, 6.45) is 0. The molecule has 6 nitrogen and oxygen atoms in total. The Hall–Kier alpha value is -1.59. The Morgan fingerprint density at radius 3 is 1.20 bits per heavy atom. The lowest BCUT2D eigenvalue weighted by molar-refractivity contribution is -0.159. The summed E-state index contributed by atoms with van der Waals surface area (Å²) in [6, 6.07) is 0. The minimum Gasteiger partial charge on any atom is -0.473 e. The third-order valence-corrected chi connectivity index (χ3v) is 0.183. The van der Waals surface area contributed by atoms with Gasteiger partial charge in [-0.25, -0.2) is 9.59 Å². The molecule has 0 unspecified atom stereocenters. The molecule has 0 spiro atoms. The zero-order chi connectivity index (χ0) is 8.73. The van der Waals surface area contributed by atoms with E-state index in [2.05, 4.69) is 5.73 Å². The molecular weight excluding hydrogens is 142 g/mol. The van der Waals surface area contributed by atoms with E-state index < -0.39 is 11.9 Å². The van der Waals surface area contributed by atoms with E-state index in [-0.39, 0.29) is 5.91 Å². The van der Waals surface area contributed by atoms with Gasteiger partial charge in [-0.2, -0.15) is 0 Å². The molecule has 0 atom stereocenters. The van der Waals surface area contributed by atoms with Crippen LogP contribution >= 0.6 is 0 Å². The molecule has 0 aliphatic heterocycles. The van der Waals surface area contributed by atoms with Crippen LogP contribution in [0.15, 0.2) is 0 Å². The standard InChI is InChI=1S/C2H5NO.C2H2O4/c1-2(3)4;3-1(4)2(5)6/h1H3,(H2,3,4);(H,3,4)(H,5,6). The highest BCUT2D eigenvalue weighted by atomic mass is 16.4. The van der Waals surface area contributed by atoms with E-state index >= 15 is 0 Å². The fraction of sp³-hybridized carbons (Fsp3) is 0.250. The number of carbonyl (C=O) groups is 3. The van der Waals surface area contributed by atoms with Gasteiger partial charge < -0.3 is 15.9 Å². The number of aliphatic carboxylic acids is 2. The molecule has 0 aromatic heterocycles. The second-order valence-corrected chi connectivity index (χ2v) is 1.22. The van der Waals surface area contributed by atoms with Crippen LogP contribution in [0.5, 0.6) is 0 Å². The summed E-state index contributed by atoms with van der Waals surface area (Å²) in [5, 5.41) is 14.8. The Balaban J connectivity index is 0. The normalized spacial score (nSPS) is 6.90. The van der Waals surface area contributed by atoms with Gasteiger partial charge in [0.15, 0.2) is 0 Å². The summed E-state index contributed by atoms with van der Waals surface area (Å²) in [5.74, 6) is -3.98. The van der Waals surface area contributed by atoms with Crippen molar-refractivity contribution in [3.05, 3.63) is 0 Å². The lowest BCUT2D eigenvalue weighted by atomic mass is 10.7. The van der Waals surface area contributed by atoms with Crippen molar-refractivity contribution < 1.29 is 24.6 Å². The first kappa shape index (κ1) is 11.2. The summed E-state index contributed by atoms with van der Waals surface area (Å²) in [7, 11) is 0. The van der Waals surface area contributed by atoms with E-state index in [0.29, 0.717) is 0 Å². The highest BCUT2D eigenvalue weighted by molar-refractivity contribution is 6.27. The van der Waals surface area contributed by atoms with Crippen LogP contribution in [0.3, 0.4) is 0 Å². The number of hydrogen-bond acceptors (Lipinski definition) is 3. The molecule has 6 heteroatoms. The number of primary amides is 1. The Morgan fingerprint density at radius 2 is 1.20 bits per heavy atom. The molecule has 0 aromatic rings. The summed E-state index contributed by atoms with van der Waals surface area (Å²) in [5.41, 5.74) is 4.47. The maximum absolute atomic E-state index is 9.22. The van der Waals surface area contributed by atoms with Crippen LogP contribution in [0.1, 0.15) is 6.92 Å². The first-order valence-electron chi connectivity index (χ1n) is 2.10. The zero-order valence-corrected chi connectivity index (χ0v) is 5.20. The van der Waals surface area contributed by atoms with Crippen LogP contribution in [0.2, 0.25) is 0 Å². The summed E-state index contributed by atoms with van der Waals surface area (Å²) in [4.78, 5) is 27.4. The van der Waals surface area contributed by atoms with Gasteiger partial charge in [0.25, 0.3) is 0 Å². The lowest BCUT2D eigenvalue weighted by Gasteiger charge is -1.72. The molecule has 0 saturated carbocycles. The first-order chi connectivity index (χ1) is 4.37. The van der Waals surface area contributed by atoms with Crippen LogP contribution in [0.4, 0.5) is 0 Å². The minimum absolute atomic E-state index is 0.333. The van der Waals surface area contributed by atoms with Crippen LogP contribution in [-0.2, 0) is 14.4 Å². The predicted molar refractivity (Wildman–Crippen MR) is 30.1 cm³/mol. The Bertz CT molecular complexity index is 136. The van der Waals surface area contributed by atoms with Gasteiger partial charge in [-0.15, -0.1) is 0 Å². The number of amides is 1. The highest BCUT2D eigenvalue weighted by Gasteiger charge is 2.04. The zero-order valence-electron chi connectivity index (χ0n) is 5.20. The maximum Gasteiger partial charge on any atom is 0.414 e. The van der Waals surface area contributed by atoms with Gasteiger partial charge in [-0.3, -0.25) is 4.79 Å². The fourth-order valence-electron chi connectivity index (χ4n) is 0. The Morgan fingerprint density at radius 1 is 1.10 bits per heavy atom. The SMILES string of the molecule is CC(N)=O.O=C(O)C(=O)O. The second kappa shape index (κ2) is 5.54. The molecule has 0 fully saturated rings. The average molecular weight is 149 g/mol. The van der Waals surface area contributed by atoms with Gasteiger partial charge in [-0.05, 0) is 0 Å². The van der Waals surface area contributed by atoms with Gasteiger partial charge in [0.1, 0.15) is 0 Å². The van der Waals surface area contributed by atoms with Crippen molar-refractivity contribution in [2.75, 3.05) is 0 Å². The van der Waals surface area contributed by atoms with Crippen molar-refractivity contribution in [3.8, 4) is 0 Å². The summed E-state index contributed by atoms with van der Waals surface area (Å²) < 4.78 is 0. The summed E-state index contributed by atoms with van der Waals surface area (Å²) >= 11 is 0. The van der Waals surface area contributed by atoms with Crippen LogP contribution in [0, 0.1) is 0 Å². The van der Waals surface area contributed by atoms with Gasteiger partial charge in [0.2, 0.25) is 5.91 Å². The number of rotatable bonds is 0. The number of nitrogens with two attached hydrogens (primary N) is 1. The first-order valence-corrected chi connectivity index (χ1v) is 2.10. The van der Waals surface area contributed by atoms with E-state index in [1.807, 2.05) is 0 Å². The molecule has 0 rings (SSSR count). The minimum atomic E-state index is -1.82. The molecule has 0 heterocycles. The number of carboxylic acids is 2. The summed E-state index contributed by atoms with van der Waals surface area (Å²) in [6.45, 7) is 1.31. The number of carbonyl (C=O) groups excluding carboxylic acids is 1. The number of carboxylic acid groups (broad SMARTS) is 2. The van der Waals surface area contributed by atoms with Crippen LogP contribution in [-0.4, -0.2) is 28.1 Å². The molecule has 0 aliphatic rings. The van der Waals surface area contributed by atoms with E-state index in [9.17, 15) is 4.79 Å². The highest BCUT2D eigenvalue weighted by Crippen LogP contribution is 1.56. The van der Waals surface area contributed by atoms with Crippen molar-refractivity contribution in [2.45, 2.75) is 6.92 Å². The molecular formula is C4H7NO5. The van der Waals surface area contributed by atoms with E-state index in [4.69, 9.17) is 19.8 Å². The van der Waals surface area contributed by atoms with Crippen molar-refractivity contribution >= 4 is 17.8 Å². The predicted octanol–water partition coefficient (Wildman–Crippen LogP) is -1.35. The Kier molecular flexibility index (Phi) is 6.23. The van der Waals surface area contributed by atoms with Crippen molar-refractivity contribution in [1.29, 1.82) is 0 Å². The lowest BCUT2D eigenvalue weighted by Crippen LogP contribution is -2.09. The van der Waals surface area contributed by atoms with Gasteiger partial charge >= 0.3 is 11.9 Å². The monoisotopic (exact) mass is 149 g/mol. The van der Waals surface area contributed by atoms with Gasteiger partial charge in [-0.1, -0.05) is 0 Å².